The predicted octanol–water partition coefficient (Wildman–Crippen LogP) is 2.85. The number of hydrogen-bond donors (Lipinski definition) is 1. The van der Waals surface area contributed by atoms with Crippen molar-refractivity contribution in [2.75, 3.05) is 5.73 Å². The molecule has 0 aliphatic rings. The molecule has 0 aliphatic heterocycles. The molecule has 0 atom stereocenters. The maximum Gasteiger partial charge on any atom is 0.241 e. The first-order valence-electron chi connectivity index (χ1n) is 6.54. The Morgan fingerprint density at radius 1 is 1.26 bits per heavy atom. The average molecular weight is 260 g/mol. The van der Waals surface area contributed by atoms with Gasteiger partial charge in [-0.05, 0) is 39.3 Å². The minimum absolute atomic E-state index is 0.587. The highest BCUT2D eigenvalue weighted by Gasteiger charge is 2.15. The van der Waals surface area contributed by atoms with E-state index >= 15 is 0 Å². The number of rotatable bonds is 4. The molecule has 102 valence electrons. The van der Waals surface area contributed by atoms with Gasteiger partial charge in [0.2, 0.25) is 5.88 Å². The fourth-order valence-electron chi connectivity index (χ4n) is 1.94. The molecule has 0 amide bonds. The second-order valence-electron chi connectivity index (χ2n) is 4.47. The van der Waals surface area contributed by atoms with Crippen molar-refractivity contribution in [1.82, 2.24) is 14.8 Å². The smallest absolute Gasteiger partial charge is 0.241 e. The lowest BCUT2D eigenvalue weighted by Crippen LogP contribution is -2.03. The molecular formula is C14H20N4O. The van der Waals surface area contributed by atoms with Crippen LogP contribution in [-0.2, 0) is 13.0 Å². The Labute approximate surface area is 113 Å². The van der Waals surface area contributed by atoms with Gasteiger partial charge in [0.05, 0.1) is 11.4 Å². The van der Waals surface area contributed by atoms with Crippen LogP contribution in [0.4, 0.5) is 5.69 Å². The molecule has 2 N–H and O–H groups in total. The highest BCUT2D eigenvalue weighted by molar-refractivity contribution is 5.54. The summed E-state index contributed by atoms with van der Waals surface area (Å²) in [7, 11) is 0. The lowest BCUT2D eigenvalue weighted by molar-refractivity contribution is 0.412. The van der Waals surface area contributed by atoms with Gasteiger partial charge in [0.1, 0.15) is 5.69 Å². The summed E-state index contributed by atoms with van der Waals surface area (Å²) in [5.41, 5.74) is 9.31. The van der Waals surface area contributed by atoms with Crippen LogP contribution in [-0.4, -0.2) is 14.8 Å². The minimum atomic E-state index is 0.587. The van der Waals surface area contributed by atoms with Crippen molar-refractivity contribution in [1.29, 1.82) is 0 Å². The summed E-state index contributed by atoms with van der Waals surface area (Å²) in [6, 6.07) is 3.87. The number of aromatic nitrogens is 3. The summed E-state index contributed by atoms with van der Waals surface area (Å²) in [5, 5.41) is 4.34. The molecule has 5 nitrogen and oxygen atoms in total. The van der Waals surface area contributed by atoms with Crippen LogP contribution in [0.5, 0.6) is 11.6 Å². The van der Waals surface area contributed by atoms with Gasteiger partial charge >= 0.3 is 0 Å². The quantitative estimate of drug-likeness (QED) is 0.918. The van der Waals surface area contributed by atoms with Crippen LogP contribution in [0.15, 0.2) is 12.1 Å². The first-order chi connectivity index (χ1) is 9.06. The third kappa shape index (κ3) is 2.54. The molecule has 0 fully saturated rings. The molecule has 2 aromatic rings. The highest BCUT2D eigenvalue weighted by atomic mass is 16.5. The molecule has 0 saturated carbocycles. The largest absolute Gasteiger partial charge is 0.435 e. The van der Waals surface area contributed by atoms with Gasteiger partial charge in [0.25, 0.3) is 0 Å². The van der Waals surface area contributed by atoms with Gasteiger partial charge in [0.15, 0.2) is 5.75 Å². The number of pyridine rings is 1. The van der Waals surface area contributed by atoms with Crippen LogP contribution in [0.2, 0.25) is 0 Å². The number of hydrogen-bond acceptors (Lipinski definition) is 4. The van der Waals surface area contributed by atoms with E-state index in [0.29, 0.717) is 18.1 Å². The Morgan fingerprint density at radius 3 is 2.63 bits per heavy atom. The number of aryl methyl sites for hydroxylation is 4. The number of nitrogens with two attached hydrogens (primary N) is 1. The highest BCUT2D eigenvalue weighted by Crippen LogP contribution is 2.31. The van der Waals surface area contributed by atoms with Crippen molar-refractivity contribution in [3.63, 3.8) is 0 Å². The van der Waals surface area contributed by atoms with E-state index in [9.17, 15) is 0 Å². The molecule has 0 saturated heterocycles. The van der Waals surface area contributed by atoms with Crippen LogP contribution in [0.25, 0.3) is 0 Å². The van der Waals surface area contributed by atoms with E-state index in [4.69, 9.17) is 10.5 Å². The van der Waals surface area contributed by atoms with E-state index in [0.717, 1.165) is 29.3 Å². The van der Waals surface area contributed by atoms with Gasteiger partial charge in [0, 0.05) is 12.2 Å². The molecule has 0 radical (unpaired) electrons. The van der Waals surface area contributed by atoms with E-state index in [1.165, 1.54) is 0 Å². The summed E-state index contributed by atoms with van der Waals surface area (Å²) in [6.07, 6.45) is 0.816. The van der Waals surface area contributed by atoms with Crippen molar-refractivity contribution in [3.8, 4) is 11.6 Å². The second-order valence-corrected chi connectivity index (χ2v) is 4.47. The fourth-order valence-corrected chi connectivity index (χ4v) is 1.94. The molecule has 5 heteroatoms. The molecule has 0 spiro atoms. The Bertz CT molecular complexity index is 589. The lowest BCUT2D eigenvalue weighted by atomic mass is 10.2. The predicted molar refractivity (Wildman–Crippen MR) is 75.5 cm³/mol. The maximum atomic E-state index is 6.02. The third-order valence-electron chi connectivity index (χ3n) is 3.04. The maximum absolute atomic E-state index is 6.02. The third-order valence-corrected chi connectivity index (χ3v) is 3.04. The number of nitrogen functional groups attached to an aromatic ring is 1. The zero-order chi connectivity index (χ0) is 14.0. The lowest BCUT2D eigenvalue weighted by Gasteiger charge is -2.11. The molecule has 19 heavy (non-hydrogen) atoms. The standard InChI is InChI=1S/C14H20N4O/c1-5-11-12(8-7-9(3)16-11)19-14-13(15)10(4)17-18(14)6-2/h7-8H,5-6,15H2,1-4H3. The van der Waals surface area contributed by atoms with Crippen LogP contribution in [0.3, 0.4) is 0 Å². The Hall–Kier alpha value is -2.04. The summed E-state index contributed by atoms with van der Waals surface area (Å²) in [4.78, 5) is 4.48. The van der Waals surface area contributed by atoms with E-state index < -0.39 is 0 Å². The molecule has 0 aromatic carbocycles. The molecule has 0 unspecified atom stereocenters. The number of anilines is 1. The summed E-state index contributed by atoms with van der Waals surface area (Å²) >= 11 is 0. The van der Waals surface area contributed by atoms with E-state index in [2.05, 4.69) is 17.0 Å². The van der Waals surface area contributed by atoms with E-state index in [1.807, 2.05) is 32.9 Å². The first-order valence-corrected chi connectivity index (χ1v) is 6.54. The molecule has 2 rings (SSSR count). The average Bonchev–Trinajstić information content (AvgIpc) is 2.68. The normalized spacial score (nSPS) is 10.7. The van der Waals surface area contributed by atoms with Crippen LogP contribution < -0.4 is 10.5 Å². The fraction of sp³-hybridized carbons (Fsp3) is 0.429. The van der Waals surface area contributed by atoms with Crippen LogP contribution in [0.1, 0.15) is 30.9 Å². The van der Waals surface area contributed by atoms with Gasteiger partial charge in [-0.3, -0.25) is 4.98 Å². The molecule has 2 aromatic heterocycles. The Morgan fingerprint density at radius 2 is 2.00 bits per heavy atom. The minimum Gasteiger partial charge on any atom is -0.435 e. The topological polar surface area (TPSA) is 66.0 Å². The SMILES string of the molecule is CCc1nc(C)ccc1Oc1c(N)c(C)nn1CC. The van der Waals surface area contributed by atoms with Crippen molar-refractivity contribution >= 4 is 5.69 Å². The van der Waals surface area contributed by atoms with Crippen molar-refractivity contribution in [2.24, 2.45) is 0 Å². The number of nitrogens with zero attached hydrogens (tertiary/aromatic N) is 3. The van der Waals surface area contributed by atoms with E-state index in [-0.39, 0.29) is 0 Å². The molecule has 0 bridgehead atoms. The van der Waals surface area contributed by atoms with Crippen LogP contribution in [0, 0.1) is 13.8 Å². The summed E-state index contributed by atoms with van der Waals surface area (Å²) in [5.74, 6) is 1.34. The Kier molecular flexibility index (Phi) is 3.74. The van der Waals surface area contributed by atoms with Gasteiger partial charge in [-0.2, -0.15) is 5.10 Å². The zero-order valence-corrected chi connectivity index (χ0v) is 11.9. The first kappa shape index (κ1) is 13.4. The zero-order valence-electron chi connectivity index (χ0n) is 11.9. The second kappa shape index (κ2) is 5.30. The van der Waals surface area contributed by atoms with Gasteiger partial charge in [-0.25, -0.2) is 4.68 Å². The molecule has 2 heterocycles. The van der Waals surface area contributed by atoms with Gasteiger partial charge in [-0.15, -0.1) is 0 Å². The Balaban J connectivity index is 2.41. The molecule has 0 aliphatic carbocycles. The van der Waals surface area contributed by atoms with Crippen molar-refractivity contribution in [3.05, 3.63) is 29.2 Å². The van der Waals surface area contributed by atoms with Crippen molar-refractivity contribution < 1.29 is 4.74 Å². The number of ether oxygens (including phenoxy) is 1. The van der Waals surface area contributed by atoms with Crippen LogP contribution >= 0.6 is 0 Å². The summed E-state index contributed by atoms with van der Waals surface area (Å²) < 4.78 is 7.71. The van der Waals surface area contributed by atoms with E-state index in [1.54, 1.807) is 4.68 Å². The van der Waals surface area contributed by atoms with Gasteiger partial charge in [-0.1, -0.05) is 6.92 Å². The van der Waals surface area contributed by atoms with Gasteiger partial charge < -0.3 is 10.5 Å². The molecular weight excluding hydrogens is 240 g/mol. The van der Waals surface area contributed by atoms with Crippen molar-refractivity contribution in [2.45, 2.75) is 40.7 Å². The monoisotopic (exact) mass is 260 g/mol. The summed E-state index contributed by atoms with van der Waals surface area (Å²) in [6.45, 7) is 8.63.